The Morgan fingerprint density at radius 2 is 1.87 bits per heavy atom. The highest BCUT2D eigenvalue weighted by molar-refractivity contribution is 4.72. The minimum absolute atomic E-state index is 0.146. The van der Waals surface area contributed by atoms with Crippen LogP contribution in [0.1, 0.15) is 40.0 Å². The van der Waals surface area contributed by atoms with Crippen LogP contribution >= 0.6 is 0 Å². The van der Waals surface area contributed by atoms with Gasteiger partial charge in [-0.15, -0.1) is 0 Å². The summed E-state index contributed by atoms with van der Waals surface area (Å²) in [4.78, 5) is 2.47. The zero-order valence-electron chi connectivity index (χ0n) is 10.3. The van der Waals surface area contributed by atoms with E-state index in [1.807, 2.05) is 6.92 Å². The van der Waals surface area contributed by atoms with Crippen LogP contribution in [-0.2, 0) is 4.74 Å². The largest absolute Gasteiger partial charge is 0.393 e. The summed E-state index contributed by atoms with van der Waals surface area (Å²) in [5.74, 6) is 0. The molecule has 15 heavy (non-hydrogen) atoms. The standard InChI is InChI=1S/C12H25NO2/c1-10(14)6-4-5-7-13-8-11(2)15-12(3)9-13/h10-12,14H,4-9H2,1-3H3/t10?,11-,12+. The molecular formula is C12H25NO2. The minimum atomic E-state index is -0.146. The van der Waals surface area contributed by atoms with Gasteiger partial charge in [0, 0.05) is 13.1 Å². The lowest BCUT2D eigenvalue weighted by Gasteiger charge is -2.35. The zero-order valence-corrected chi connectivity index (χ0v) is 10.3. The molecule has 1 heterocycles. The van der Waals surface area contributed by atoms with E-state index in [9.17, 15) is 0 Å². The molecule has 0 aromatic carbocycles. The third kappa shape index (κ3) is 5.50. The Morgan fingerprint density at radius 3 is 2.40 bits per heavy atom. The molecule has 90 valence electrons. The quantitative estimate of drug-likeness (QED) is 0.708. The van der Waals surface area contributed by atoms with Crippen LogP contribution in [0.4, 0.5) is 0 Å². The van der Waals surface area contributed by atoms with E-state index >= 15 is 0 Å². The summed E-state index contributed by atoms with van der Waals surface area (Å²) in [5, 5.41) is 9.14. The van der Waals surface area contributed by atoms with E-state index in [2.05, 4.69) is 18.7 Å². The second kappa shape index (κ2) is 6.46. The maximum Gasteiger partial charge on any atom is 0.0678 e. The molecule has 0 amide bonds. The van der Waals surface area contributed by atoms with Gasteiger partial charge in [-0.1, -0.05) is 0 Å². The Labute approximate surface area is 93.4 Å². The number of nitrogens with zero attached hydrogens (tertiary/aromatic N) is 1. The van der Waals surface area contributed by atoms with E-state index in [0.717, 1.165) is 32.5 Å². The van der Waals surface area contributed by atoms with Gasteiger partial charge < -0.3 is 9.84 Å². The van der Waals surface area contributed by atoms with Crippen molar-refractivity contribution >= 4 is 0 Å². The van der Waals surface area contributed by atoms with Crippen molar-refractivity contribution < 1.29 is 9.84 Å². The van der Waals surface area contributed by atoms with E-state index in [1.54, 1.807) is 0 Å². The summed E-state index contributed by atoms with van der Waals surface area (Å²) in [7, 11) is 0. The average Bonchev–Trinajstić information content (AvgIpc) is 2.10. The van der Waals surface area contributed by atoms with E-state index < -0.39 is 0 Å². The topological polar surface area (TPSA) is 32.7 Å². The van der Waals surface area contributed by atoms with Crippen molar-refractivity contribution in [3.05, 3.63) is 0 Å². The van der Waals surface area contributed by atoms with Crippen molar-refractivity contribution in [1.29, 1.82) is 0 Å². The van der Waals surface area contributed by atoms with Crippen LogP contribution < -0.4 is 0 Å². The highest BCUT2D eigenvalue weighted by Gasteiger charge is 2.21. The van der Waals surface area contributed by atoms with Gasteiger partial charge >= 0.3 is 0 Å². The molecule has 0 spiro atoms. The van der Waals surface area contributed by atoms with E-state index in [4.69, 9.17) is 9.84 Å². The van der Waals surface area contributed by atoms with Gasteiger partial charge in [0.25, 0.3) is 0 Å². The fraction of sp³-hybridized carbons (Fsp3) is 1.00. The molecule has 1 aliphatic rings. The second-order valence-corrected chi connectivity index (χ2v) is 4.86. The molecule has 1 rings (SSSR count). The Bertz CT molecular complexity index is 163. The van der Waals surface area contributed by atoms with Gasteiger partial charge in [0.1, 0.15) is 0 Å². The van der Waals surface area contributed by atoms with Crippen LogP contribution in [-0.4, -0.2) is 48.0 Å². The van der Waals surface area contributed by atoms with Gasteiger partial charge in [-0.05, 0) is 46.6 Å². The Balaban J connectivity index is 2.10. The smallest absolute Gasteiger partial charge is 0.0678 e. The number of aliphatic hydroxyl groups is 1. The highest BCUT2D eigenvalue weighted by Crippen LogP contribution is 2.11. The fourth-order valence-electron chi connectivity index (χ4n) is 2.24. The predicted octanol–water partition coefficient (Wildman–Crippen LogP) is 1.65. The molecular weight excluding hydrogens is 190 g/mol. The molecule has 1 fully saturated rings. The van der Waals surface area contributed by atoms with Gasteiger partial charge in [0.2, 0.25) is 0 Å². The lowest BCUT2D eigenvalue weighted by atomic mass is 10.1. The average molecular weight is 215 g/mol. The molecule has 0 aliphatic carbocycles. The number of aliphatic hydroxyl groups excluding tert-OH is 1. The van der Waals surface area contributed by atoms with Crippen molar-refractivity contribution in [3.63, 3.8) is 0 Å². The summed E-state index contributed by atoms with van der Waals surface area (Å²) in [6.45, 7) is 9.39. The molecule has 0 saturated carbocycles. The van der Waals surface area contributed by atoms with Crippen LogP contribution in [0.15, 0.2) is 0 Å². The Kier molecular flexibility index (Phi) is 5.58. The maximum absolute atomic E-state index is 9.14. The number of rotatable bonds is 5. The van der Waals surface area contributed by atoms with Crippen molar-refractivity contribution in [3.8, 4) is 0 Å². The number of hydrogen-bond acceptors (Lipinski definition) is 3. The van der Waals surface area contributed by atoms with E-state index in [0.29, 0.717) is 12.2 Å². The van der Waals surface area contributed by atoms with Crippen molar-refractivity contribution in [2.75, 3.05) is 19.6 Å². The lowest BCUT2D eigenvalue weighted by Crippen LogP contribution is -2.45. The van der Waals surface area contributed by atoms with Crippen molar-refractivity contribution in [2.45, 2.75) is 58.3 Å². The number of morpholine rings is 1. The summed E-state index contributed by atoms with van der Waals surface area (Å²) in [5.41, 5.74) is 0. The van der Waals surface area contributed by atoms with Crippen LogP contribution in [0, 0.1) is 0 Å². The summed E-state index contributed by atoms with van der Waals surface area (Å²) >= 11 is 0. The lowest BCUT2D eigenvalue weighted by molar-refractivity contribution is -0.0682. The third-order valence-corrected chi connectivity index (χ3v) is 2.84. The monoisotopic (exact) mass is 215 g/mol. The summed E-state index contributed by atoms with van der Waals surface area (Å²) < 4.78 is 5.68. The molecule has 1 N–H and O–H groups in total. The second-order valence-electron chi connectivity index (χ2n) is 4.86. The van der Waals surface area contributed by atoms with Gasteiger partial charge in [-0.3, -0.25) is 4.90 Å². The van der Waals surface area contributed by atoms with Crippen LogP contribution in [0.2, 0.25) is 0 Å². The fourth-order valence-corrected chi connectivity index (χ4v) is 2.24. The zero-order chi connectivity index (χ0) is 11.3. The molecule has 3 nitrogen and oxygen atoms in total. The first-order valence-electron chi connectivity index (χ1n) is 6.14. The third-order valence-electron chi connectivity index (χ3n) is 2.84. The molecule has 1 saturated heterocycles. The predicted molar refractivity (Wildman–Crippen MR) is 62.0 cm³/mol. The van der Waals surface area contributed by atoms with Gasteiger partial charge in [0.05, 0.1) is 18.3 Å². The van der Waals surface area contributed by atoms with Crippen LogP contribution in [0.3, 0.4) is 0 Å². The first kappa shape index (κ1) is 12.9. The van der Waals surface area contributed by atoms with E-state index in [1.165, 1.54) is 6.42 Å². The molecule has 0 radical (unpaired) electrons. The van der Waals surface area contributed by atoms with Gasteiger partial charge in [-0.2, -0.15) is 0 Å². The van der Waals surface area contributed by atoms with Gasteiger partial charge in [-0.25, -0.2) is 0 Å². The first-order valence-corrected chi connectivity index (χ1v) is 6.14. The van der Waals surface area contributed by atoms with Crippen LogP contribution in [0.5, 0.6) is 0 Å². The number of ether oxygens (including phenoxy) is 1. The highest BCUT2D eigenvalue weighted by atomic mass is 16.5. The SMILES string of the molecule is CC(O)CCCCN1C[C@@H](C)O[C@@H](C)C1. The first-order chi connectivity index (χ1) is 7.08. The molecule has 0 aromatic rings. The number of hydrogen-bond donors (Lipinski definition) is 1. The van der Waals surface area contributed by atoms with Gasteiger partial charge in [0.15, 0.2) is 0 Å². The van der Waals surface area contributed by atoms with Crippen molar-refractivity contribution in [2.24, 2.45) is 0 Å². The normalized spacial score (nSPS) is 30.4. The molecule has 3 heteroatoms. The molecule has 0 aromatic heterocycles. The maximum atomic E-state index is 9.14. The minimum Gasteiger partial charge on any atom is -0.393 e. The van der Waals surface area contributed by atoms with E-state index in [-0.39, 0.29) is 6.10 Å². The molecule has 0 bridgehead atoms. The molecule has 3 atom stereocenters. The van der Waals surface area contributed by atoms with Crippen molar-refractivity contribution in [1.82, 2.24) is 4.90 Å². The summed E-state index contributed by atoms with van der Waals surface area (Å²) in [6, 6.07) is 0. The summed E-state index contributed by atoms with van der Waals surface area (Å²) in [6.07, 6.45) is 3.82. The molecule has 1 aliphatic heterocycles. The number of unbranched alkanes of at least 4 members (excludes halogenated alkanes) is 1. The van der Waals surface area contributed by atoms with Crippen LogP contribution in [0.25, 0.3) is 0 Å². The Morgan fingerprint density at radius 1 is 1.27 bits per heavy atom. The molecule has 1 unspecified atom stereocenters. The Hall–Kier alpha value is -0.120.